The van der Waals surface area contributed by atoms with Crippen molar-refractivity contribution < 1.29 is 18.8 Å². The molecule has 0 aliphatic carbocycles. The van der Waals surface area contributed by atoms with E-state index in [-0.39, 0.29) is 5.91 Å². The zero-order chi connectivity index (χ0) is 21.2. The summed E-state index contributed by atoms with van der Waals surface area (Å²) in [5.41, 5.74) is 4.83. The molecule has 1 aliphatic rings. The highest BCUT2D eigenvalue weighted by atomic mass is 16.5. The van der Waals surface area contributed by atoms with Gasteiger partial charge in [0.25, 0.3) is 5.91 Å². The highest BCUT2D eigenvalue weighted by Crippen LogP contribution is 2.36. The number of anilines is 1. The predicted octanol–water partition coefficient (Wildman–Crippen LogP) is 3.91. The molecule has 0 saturated carbocycles. The van der Waals surface area contributed by atoms with E-state index in [4.69, 9.17) is 9.15 Å². The van der Waals surface area contributed by atoms with Crippen molar-refractivity contribution in [1.29, 1.82) is 0 Å². The van der Waals surface area contributed by atoms with Gasteiger partial charge in [-0.15, -0.1) is 0 Å². The van der Waals surface area contributed by atoms with Crippen molar-refractivity contribution >= 4 is 39.1 Å². The maximum Gasteiger partial charge on any atom is 0.279 e. The highest BCUT2D eigenvalue weighted by Gasteiger charge is 2.20. The molecule has 5 nitrogen and oxygen atoms in total. The van der Waals surface area contributed by atoms with Crippen molar-refractivity contribution in [3.8, 4) is 5.75 Å². The summed E-state index contributed by atoms with van der Waals surface area (Å²) in [5, 5.41) is 5.03. The van der Waals surface area contributed by atoms with Crippen molar-refractivity contribution in [2.24, 2.45) is 0 Å². The summed E-state index contributed by atoms with van der Waals surface area (Å²) in [6, 6.07) is 22.1. The molecule has 0 radical (unpaired) electrons. The fourth-order valence-electron chi connectivity index (χ4n) is 4.30. The molecule has 1 aromatic heterocycles. The van der Waals surface area contributed by atoms with Gasteiger partial charge in [0, 0.05) is 23.3 Å². The minimum atomic E-state index is -0.0275. The van der Waals surface area contributed by atoms with Gasteiger partial charge in [0.1, 0.15) is 16.9 Å². The van der Waals surface area contributed by atoms with Crippen LogP contribution in [0.1, 0.15) is 12.0 Å². The fraction of sp³-hybridized carbons (Fsp3) is 0.192. The minimum absolute atomic E-state index is 0.0275. The van der Waals surface area contributed by atoms with E-state index in [1.165, 1.54) is 16.0 Å². The zero-order valence-electron chi connectivity index (χ0n) is 17.5. The average molecular weight is 413 g/mol. The van der Waals surface area contributed by atoms with E-state index < -0.39 is 0 Å². The van der Waals surface area contributed by atoms with Crippen molar-refractivity contribution in [1.82, 2.24) is 0 Å². The van der Waals surface area contributed by atoms with Crippen LogP contribution in [0.5, 0.6) is 5.75 Å². The largest absolute Gasteiger partial charge is 0.495 e. The number of furan rings is 1. The summed E-state index contributed by atoms with van der Waals surface area (Å²) < 4.78 is 11.5. The van der Waals surface area contributed by atoms with Gasteiger partial charge < -0.3 is 19.4 Å². The van der Waals surface area contributed by atoms with Crippen LogP contribution in [0.25, 0.3) is 27.5 Å². The minimum Gasteiger partial charge on any atom is -0.495 e. The molecule has 1 aliphatic heterocycles. The number of fused-ring (bicyclic) bond motifs is 3. The van der Waals surface area contributed by atoms with Gasteiger partial charge in [-0.25, -0.2) is 0 Å². The molecule has 4 aromatic rings. The molecule has 0 fully saturated rings. The summed E-state index contributed by atoms with van der Waals surface area (Å²) >= 11 is 0. The van der Waals surface area contributed by atoms with Crippen molar-refractivity contribution in [3.63, 3.8) is 0 Å². The molecule has 156 valence electrons. The second kappa shape index (κ2) is 8.28. The Hall–Kier alpha value is -3.57. The van der Waals surface area contributed by atoms with Gasteiger partial charge in [0.05, 0.1) is 25.9 Å². The lowest BCUT2D eigenvalue weighted by molar-refractivity contribution is -0.886. The molecule has 0 spiro atoms. The third-order valence-electron chi connectivity index (χ3n) is 5.91. The van der Waals surface area contributed by atoms with Crippen LogP contribution in [-0.4, -0.2) is 32.7 Å². The number of nitrogens with one attached hydrogen (secondary N) is 2. The van der Waals surface area contributed by atoms with Gasteiger partial charge >= 0.3 is 0 Å². The van der Waals surface area contributed by atoms with Gasteiger partial charge in [-0.3, -0.25) is 4.79 Å². The van der Waals surface area contributed by atoms with Crippen LogP contribution < -0.4 is 15.0 Å². The summed E-state index contributed by atoms with van der Waals surface area (Å²) in [6.45, 7) is 2.20. The maximum atomic E-state index is 12.8. The van der Waals surface area contributed by atoms with E-state index in [2.05, 4.69) is 35.7 Å². The van der Waals surface area contributed by atoms with E-state index in [1.807, 2.05) is 42.5 Å². The quantitative estimate of drug-likeness (QED) is 0.522. The van der Waals surface area contributed by atoms with E-state index >= 15 is 0 Å². The third-order valence-corrected chi connectivity index (χ3v) is 5.91. The van der Waals surface area contributed by atoms with Crippen LogP contribution in [0.3, 0.4) is 0 Å². The molecule has 5 rings (SSSR count). The first-order chi connectivity index (χ1) is 15.2. The van der Waals surface area contributed by atoms with Gasteiger partial charge in [-0.2, -0.15) is 0 Å². The first-order valence-corrected chi connectivity index (χ1v) is 10.6. The molecule has 31 heavy (non-hydrogen) atoms. The van der Waals surface area contributed by atoms with Crippen LogP contribution in [0.4, 0.5) is 5.69 Å². The molecule has 0 saturated heterocycles. The lowest BCUT2D eigenvalue weighted by atomic mass is 10.00. The van der Waals surface area contributed by atoms with Gasteiger partial charge in [0.2, 0.25) is 0 Å². The Balaban J connectivity index is 1.30. The number of hydrogen-bond donors (Lipinski definition) is 2. The smallest absolute Gasteiger partial charge is 0.279 e. The van der Waals surface area contributed by atoms with Crippen LogP contribution in [0.15, 0.2) is 77.2 Å². The molecule has 2 heterocycles. The number of methoxy groups -OCH3 is 1. The third kappa shape index (κ3) is 3.92. The van der Waals surface area contributed by atoms with Crippen LogP contribution in [0.2, 0.25) is 0 Å². The summed E-state index contributed by atoms with van der Waals surface area (Å²) in [7, 11) is 1.62. The SMILES string of the molecule is COc1cc2c(cc1NC(=O)C[NH+]1CC=C(c3ccccc3)CC1)oc1ccccc12. The van der Waals surface area contributed by atoms with E-state index in [1.54, 1.807) is 7.11 Å². The number of hydrogen-bond acceptors (Lipinski definition) is 3. The Kier molecular flexibility index (Phi) is 5.18. The van der Waals surface area contributed by atoms with Crippen LogP contribution >= 0.6 is 0 Å². The number of ether oxygens (including phenoxy) is 1. The average Bonchev–Trinajstić information content (AvgIpc) is 3.17. The first kappa shape index (κ1) is 19.4. The molecule has 1 amide bonds. The van der Waals surface area contributed by atoms with Crippen molar-refractivity contribution in [2.45, 2.75) is 6.42 Å². The zero-order valence-corrected chi connectivity index (χ0v) is 17.5. The number of benzene rings is 3. The second-order valence-corrected chi connectivity index (χ2v) is 7.92. The molecule has 1 unspecified atom stereocenters. The molecular formula is C26H25N2O3+. The van der Waals surface area contributed by atoms with Gasteiger partial charge in [-0.1, -0.05) is 48.5 Å². The number of carbonyl (C=O) groups excluding carboxylic acids is 1. The number of carbonyl (C=O) groups is 1. The Morgan fingerprint density at radius 2 is 1.84 bits per heavy atom. The highest BCUT2D eigenvalue weighted by molar-refractivity contribution is 6.07. The lowest BCUT2D eigenvalue weighted by Gasteiger charge is -2.23. The monoisotopic (exact) mass is 413 g/mol. The number of rotatable bonds is 5. The number of quaternary nitrogens is 1. The molecule has 3 aromatic carbocycles. The summed E-state index contributed by atoms with van der Waals surface area (Å²) in [4.78, 5) is 14.0. The lowest BCUT2D eigenvalue weighted by Crippen LogP contribution is -3.13. The van der Waals surface area contributed by atoms with Crippen molar-refractivity contribution in [3.05, 3.63) is 78.4 Å². The van der Waals surface area contributed by atoms with E-state index in [0.29, 0.717) is 18.0 Å². The molecular weight excluding hydrogens is 388 g/mol. The molecule has 0 bridgehead atoms. The number of para-hydroxylation sites is 1. The molecule has 5 heteroatoms. The maximum absolute atomic E-state index is 12.8. The van der Waals surface area contributed by atoms with Crippen LogP contribution in [-0.2, 0) is 4.79 Å². The Morgan fingerprint density at radius 3 is 2.61 bits per heavy atom. The first-order valence-electron chi connectivity index (χ1n) is 10.6. The van der Waals surface area contributed by atoms with Gasteiger partial charge in [-0.05, 0) is 29.3 Å². The fourth-order valence-corrected chi connectivity index (χ4v) is 4.30. The Labute approximate surface area is 180 Å². The van der Waals surface area contributed by atoms with Gasteiger partial charge in [0.15, 0.2) is 6.54 Å². The Morgan fingerprint density at radius 1 is 1.03 bits per heavy atom. The standard InChI is InChI=1S/C26H24N2O3/c1-30-25-15-21-20-9-5-6-10-23(20)31-24(21)16-22(25)27-26(29)17-28-13-11-19(12-14-28)18-7-3-2-4-8-18/h2-11,15-16H,12-14,17H2,1H3,(H,27,29)/p+1. The molecule has 1 atom stereocenters. The Bertz CT molecular complexity index is 1270. The van der Waals surface area contributed by atoms with Crippen molar-refractivity contribution in [2.75, 3.05) is 32.1 Å². The normalized spacial score (nSPS) is 16.3. The van der Waals surface area contributed by atoms with E-state index in [0.717, 1.165) is 41.4 Å². The van der Waals surface area contributed by atoms with E-state index in [9.17, 15) is 4.79 Å². The predicted molar refractivity (Wildman–Crippen MR) is 124 cm³/mol. The summed E-state index contributed by atoms with van der Waals surface area (Å²) in [6.07, 6.45) is 3.23. The number of amides is 1. The topological polar surface area (TPSA) is 55.9 Å². The molecule has 2 N–H and O–H groups in total. The second-order valence-electron chi connectivity index (χ2n) is 7.92. The summed E-state index contributed by atoms with van der Waals surface area (Å²) in [5.74, 6) is 0.604. The van der Waals surface area contributed by atoms with Crippen LogP contribution in [0, 0.1) is 0 Å².